The number of carbonyl (C=O) groups is 2. The molecular weight excluding hydrogens is 348 g/mol. The predicted molar refractivity (Wildman–Crippen MR) is 104 cm³/mol. The van der Waals surface area contributed by atoms with E-state index in [2.05, 4.69) is 17.2 Å². The van der Waals surface area contributed by atoms with Gasteiger partial charge in [0.15, 0.2) is 5.01 Å². The smallest absolute Gasteiger partial charge is 0.249 e. The van der Waals surface area contributed by atoms with E-state index in [9.17, 15) is 9.59 Å². The minimum Gasteiger partial charge on any atom is -0.368 e. The van der Waals surface area contributed by atoms with Gasteiger partial charge in [-0.3, -0.25) is 9.59 Å². The second kappa shape index (κ2) is 9.24. The highest BCUT2D eigenvalue weighted by molar-refractivity contribution is 7.20. The third kappa shape index (κ3) is 4.68. The van der Waals surface area contributed by atoms with Gasteiger partial charge in [-0.2, -0.15) is 0 Å². The Morgan fingerprint density at radius 1 is 1.31 bits per heavy atom. The van der Waals surface area contributed by atoms with Gasteiger partial charge in [-0.1, -0.05) is 38.3 Å². The zero-order chi connectivity index (χ0) is 18.4. The van der Waals surface area contributed by atoms with Gasteiger partial charge in [-0.25, -0.2) is 4.98 Å². The quantitative estimate of drug-likeness (QED) is 0.558. The Bertz CT molecular complexity index is 719. The van der Waals surface area contributed by atoms with Gasteiger partial charge >= 0.3 is 0 Å². The number of Topliss-reactive ketones (excluding diaryl/α,β-unsaturated/α-hetero) is 1. The number of ketones is 1. The number of nitrogens with one attached hydrogen (secondary N) is 1. The molecular formula is C20H26N2O3S. The fraction of sp³-hybridized carbons (Fsp3) is 0.550. The maximum absolute atomic E-state index is 13.0. The number of thiazole rings is 1. The maximum Gasteiger partial charge on any atom is 0.249 e. The van der Waals surface area contributed by atoms with Crippen molar-refractivity contribution in [2.24, 2.45) is 0 Å². The Kier molecular flexibility index (Phi) is 6.74. The normalized spacial score (nSPS) is 18.6. The summed E-state index contributed by atoms with van der Waals surface area (Å²) in [6.07, 6.45) is 5.94. The van der Waals surface area contributed by atoms with Crippen LogP contribution < -0.4 is 5.32 Å². The lowest BCUT2D eigenvalue weighted by atomic mass is 10.0. The molecule has 0 radical (unpaired) electrons. The number of para-hydroxylation sites is 1. The summed E-state index contributed by atoms with van der Waals surface area (Å²) in [5, 5.41) is 3.41. The number of nitrogens with zero attached hydrogens (tertiary/aromatic N) is 1. The molecule has 1 fully saturated rings. The molecule has 2 unspecified atom stereocenters. The summed E-state index contributed by atoms with van der Waals surface area (Å²) < 4.78 is 6.55. The Morgan fingerprint density at radius 3 is 2.88 bits per heavy atom. The van der Waals surface area contributed by atoms with Crippen LogP contribution in [0.5, 0.6) is 0 Å². The molecule has 1 aromatic heterocycles. The molecule has 2 atom stereocenters. The van der Waals surface area contributed by atoms with Crippen LogP contribution in [0.15, 0.2) is 24.3 Å². The van der Waals surface area contributed by atoms with E-state index in [1.54, 1.807) is 0 Å². The number of benzene rings is 1. The second-order valence-corrected chi connectivity index (χ2v) is 7.79. The number of amides is 1. The van der Waals surface area contributed by atoms with Crippen molar-refractivity contribution < 1.29 is 14.3 Å². The molecule has 1 aliphatic heterocycles. The number of aromatic nitrogens is 1. The Balaban J connectivity index is 1.73. The number of hydrogen-bond donors (Lipinski definition) is 1. The largest absolute Gasteiger partial charge is 0.368 e. The van der Waals surface area contributed by atoms with Crippen LogP contribution in [0.3, 0.4) is 0 Å². The van der Waals surface area contributed by atoms with Crippen molar-refractivity contribution in [1.82, 2.24) is 10.3 Å². The highest BCUT2D eigenvalue weighted by Gasteiger charge is 2.29. The molecule has 5 nitrogen and oxygen atoms in total. The van der Waals surface area contributed by atoms with Crippen molar-refractivity contribution in [2.45, 2.75) is 64.0 Å². The van der Waals surface area contributed by atoms with Crippen LogP contribution >= 0.6 is 11.3 Å². The third-order valence-corrected chi connectivity index (χ3v) is 5.76. The van der Waals surface area contributed by atoms with Gasteiger partial charge in [0.2, 0.25) is 11.7 Å². The number of fused-ring (bicyclic) bond motifs is 1. The van der Waals surface area contributed by atoms with Crippen molar-refractivity contribution in [3.05, 3.63) is 29.3 Å². The molecule has 1 aromatic carbocycles. The van der Waals surface area contributed by atoms with E-state index in [-0.39, 0.29) is 11.7 Å². The van der Waals surface area contributed by atoms with E-state index >= 15 is 0 Å². The van der Waals surface area contributed by atoms with E-state index in [0.29, 0.717) is 18.0 Å². The van der Waals surface area contributed by atoms with Gasteiger partial charge in [-0.05, 0) is 37.8 Å². The van der Waals surface area contributed by atoms with Crippen molar-refractivity contribution in [3.8, 4) is 0 Å². The fourth-order valence-electron chi connectivity index (χ4n) is 3.21. The standard InChI is InChI=1S/C20H26N2O3S/c1-2-3-4-10-15(21-19(24)16-11-7-8-13-25-16)18(23)20-22-14-9-5-6-12-17(14)26-20/h5-6,9,12,15-16H,2-4,7-8,10-11,13H2,1H3,(H,21,24). The average Bonchev–Trinajstić information content (AvgIpc) is 3.11. The zero-order valence-electron chi connectivity index (χ0n) is 15.2. The van der Waals surface area contributed by atoms with Gasteiger partial charge in [-0.15, -0.1) is 11.3 Å². The summed E-state index contributed by atoms with van der Waals surface area (Å²) in [5.41, 5.74) is 0.829. The summed E-state index contributed by atoms with van der Waals surface area (Å²) in [4.78, 5) is 30.0. The van der Waals surface area contributed by atoms with Crippen LogP contribution in [0, 0.1) is 0 Å². The van der Waals surface area contributed by atoms with Crippen molar-refractivity contribution >= 4 is 33.2 Å². The van der Waals surface area contributed by atoms with E-state index in [1.807, 2.05) is 24.3 Å². The molecule has 0 spiro atoms. The third-order valence-electron chi connectivity index (χ3n) is 4.71. The molecule has 2 aromatic rings. The van der Waals surface area contributed by atoms with Crippen LogP contribution in [0.1, 0.15) is 61.7 Å². The molecule has 0 bridgehead atoms. The van der Waals surface area contributed by atoms with E-state index in [4.69, 9.17) is 4.74 Å². The monoisotopic (exact) mass is 374 g/mol. The first kappa shape index (κ1) is 19.0. The van der Waals surface area contributed by atoms with Crippen molar-refractivity contribution in [2.75, 3.05) is 6.61 Å². The number of carbonyl (C=O) groups excluding carboxylic acids is 2. The lowest BCUT2D eigenvalue weighted by Crippen LogP contribution is -2.47. The highest BCUT2D eigenvalue weighted by atomic mass is 32.1. The Hall–Kier alpha value is -1.79. The van der Waals surface area contributed by atoms with Crippen LogP contribution in [0.2, 0.25) is 0 Å². The van der Waals surface area contributed by atoms with Gasteiger partial charge in [0.1, 0.15) is 6.10 Å². The molecule has 26 heavy (non-hydrogen) atoms. The molecule has 1 aliphatic rings. The molecule has 1 saturated heterocycles. The minimum atomic E-state index is -0.528. The molecule has 140 valence electrons. The maximum atomic E-state index is 13.0. The van der Waals surface area contributed by atoms with E-state index in [0.717, 1.165) is 48.7 Å². The first-order chi connectivity index (χ1) is 12.7. The van der Waals surface area contributed by atoms with Crippen LogP contribution in [-0.2, 0) is 9.53 Å². The molecule has 6 heteroatoms. The summed E-state index contributed by atoms with van der Waals surface area (Å²) in [6, 6.07) is 7.19. The number of unbranched alkanes of at least 4 members (excludes halogenated alkanes) is 2. The van der Waals surface area contributed by atoms with Crippen LogP contribution in [0.25, 0.3) is 10.2 Å². The van der Waals surface area contributed by atoms with Crippen molar-refractivity contribution in [3.63, 3.8) is 0 Å². The number of hydrogen-bond acceptors (Lipinski definition) is 5. The number of ether oxygens (including phenoxy) is 1. The SMILES string of the molecule is CCCCCC(NC(=O)C1CCCCO1)C(=O)c1nc2ccccc2s1. The average molecular weight is 375 g/mol. The van der Waals surface area contributed by atoms with Gasteiger partial charge < -0.3 is 10.1 Å². The molecule has 3 rings (SSSR count). The Morgan fingerprint density at radius 2 is 2.15 bits per heavy atom. The summed E-state index contributed by atoms with van der Waals surface area (Å²) in [5.74, 6) is -0.257. The first-order valence-corrected chi connectivity index (χ1v) is 10.3. The zero-order valence-corrected chi connectivity index (χ0v) is 16.0. The fourth-order valence-corrected chi connectivity index (χ4v) is 4.17. The lowest BCUT2D eigenvalue weighted by Gasteiger charge is -2.24. The molecule has 0 saturated carbocycles. The molecule has 1 N–H and O–H groups in total. The van der Waals surface area contributed by atoms with Gasteiger partial charge in [0.05, 0.1) is 16.3 Å². The summed E-state index contributed by atoms with van der Waals surface area (Å²) in [7, 11) is 0. The highest BCUT2D eigenvalue weighted by Crippen LogP contribution is 2.24. The lowest BCUT2D eigenvalue weighted by molar-refractivity contribution is -0.136. The van der Waals surface area contributed by atoms with Gasteiger partial charge in [0.25, 0.3) is 0 Å². The predicted octanol–water partition coefficient (Wildman–Crippen LogP) is 4.11. The molecule has 2 heterocycles. The van der Waals surface area contributed by atoms with E-state index in [1.165, 1.54) is 11.3 Å². The molecule has 1 amide bonds. The minimum absolute atomic E-state index is 0.0912. The topological polar surface area (TPSA) is 68.3 Å². The Labute approximate surface area is 158 Å². The molecule has 0 aliphatic carbocycles. The first-order valence-electron chi connectivity index (χ1n) is 9.51. The summed E-state index contributed by atoms with van der Waals surface area (Å²) in [6.45, 7) is 2.74. The second-order valence-electron chi connectivity index (χ2n) is 6.76. The van der Waals surface area contributed by atoms with Gasteiger partial charge in [0, 0.05) is 6.61 Å². The van der Waals surface area contributed by atoms with Crippen molar-refractivity contribution in [1.29, 1.82) is 0 Å². The van der Waals surface area contributed by atoms with E-state index < -0.39 is 12.1 Å². The summed E-state index contributed by atoms with van der Waals surface area (Å²) >= 11 is 1.39. The van der Waals surface area contributed by atoms with Crippen LogP contribution in [0.4, 0.5) is 0 Å². The number of rotatable bonds is 8. The van der Waals surface area contributed by atoms with Crippen LogP contribution in [-0.4, -0.2) is 35.4 Å².